The quantitative estimate of drug-likeness (QED) is 0.508. The lowest BCUT2D eigenvalue weighted by Gasteiger charge is -2.17. The fraction of sp³-hybridized carbons (Fsp3) is 0.238. The molecule has 5 nitrogen and oxygen atoms in total. The predicted molar refractivity (Wildman–Crippen MR) is 115 cm³/mol. The van der Waals surface area contributed by atoms with E-state index >= 15 is 0 Å². The molecule has 0 aliphatic heterocycles. The van der Waals surface area contributed by atoms with Crippen molar-refractivity contribution < 1.29 is 14.3 Å². The van der Waals surface area contributed by atoms with Crippen molar-refractivity contribution in [1.29, 1.82) is 0 Å². The number of thiazole rings is 1. The fourth-order valence-electron chi connectivity index (χ4n) is 2.75. The van der Waals surface area contributed by atoms with Crippen LogP contribution >= 0.6 is 27.3 Å². The Hall–Kier alpha value is -2.38. The number of likely N-dealkylation sites (N-methyl/N-ethyl adjacent to an activating group) is 1. The maximum atomic E-state index is 12.6. The van der Waals surface area contributed by atoms with E-state index in [0.717, 1.165) is 26.3 Å². The molecule has 0 bridgehead atoms. The zero-order valence-electron chi connectivity index (χ0n) is 15.9. The molecule has 0 N–H and O–H groups in total. The number of hydrogen-bond acceptors (Lipinski definition) is 5. The average Bonchev–Trinajstić information content (AvgIpc) is 3.17. The second kappa shape index (κ2) is 9.21. The van der Waals surface area contributed by atoms with Crippen LogP contribution in [0.1, 0.15) is 11.3 Å². The van der Waals surface area contributed by atoms with Crippen molar-refractivity contribution >= 4 is 33.2 Å². The van der Waals surface area contributed by atoms with Gasteiger partial charge in [0, 0.05) is 29.0 Å². The molecule has 1 heterocycles. The Kier molecular flexibility index (Phi) is 6.70. The van der Waals surface area contributed by atoms with E-state index in [4.69, 9.17) is 9.47 Å². The van der Waals surface area contributed by atoms with Gasteiger partial charge in [0.1, 0.15) is 5.01 Å². The van der Waals surface area contributed by atoms with Crippen molar-refractivity contribution in [1.82, 2.24) is 9.88 Å². The second-order valence-electron chi connectivity index (χ2n) is 6.23. The predicted octanol–water partition coefficient (Wildman–Crippen LogP) is 4.79. The van der Waals surface area contributed by atoms with Crippen LogP contribution in [0.2, 0.25) is 0 Å². The van der Waals surface area contributed by atoms with Gasteiger partial charge in [-0.25, -0.2) is 4.98 Å². The lowest BCUT2D eigenvalue weighted by atomic mass is 10.2. The van der Waals surface area contributed by atoms with Crippen LogP contribution in [0.3, 0.4) is 0 Å². The molecule has 1 amide bonds. The van der Waals surface area contributed by atoms with Crippen LogP contribution in [0, 0.1) is 0 Å². The first-order chi connectivity index (χ1) is 13.5. The Morgan fingerprint density at radius 3 is 2.61 bits per heavy atom. The molecule has 0 aliphatic rings. The minimum Gasteiger partial charge on any atom is -0.493 e. The van der Waals surface area contributed by atoms with Crippen molar-refractivity contribution in [3.05, 3.63) is 63.6 Å². The van der Waals surface area contributed by atoms with Crippen LogP contribution in [0.25, 0.3) is 10.6 Å². The van der Waals surface area contributed by atoms with Crippen LogP contribution in [-0.4, -0.2) is 37.1 Å². The number of hydrogen-bond donors (Lipinski definition) is 0. The Morgan fingerprint density at radius 2 is 1.89 bits per heavy atom. The average molecular weight is 461 g/mol. The summed E-state index contributed by atoms with van der Waals surface area (Å²) in [6.07, 6.45) is 0.269. The van der Waals surface area contributed by atoms with Gasteiger partial charge in [-0.05, 0) is 29.8 Å². The van der Waals surface area contributed by atoms with E-state index in [1.165, 1.54) is 11.3 Å². The molecule has 0 saturated carbocycles. The van der Waals surface area contributed by atoms with Gasteiger partial charge in [-0.2, -0.15) is 0 Å². The number of benzene rings is 2. The molecule has 1 aromatic heterocycles. The van der Waals surface area contributed by atoms with Gasteiger partial charge in [0.05, 0.1) is 26.3 Å². The van der Waals surface area contributed by atoms with E-state index in [0.29, 0.717) is 18.0 Å². The first-order valence-corrected chi connectivity index (χ1v) is 10.3. The maximum absolute atomic E-state index is 12.6. The van der Waals surface area contributed by atoms with Gasteiger partial charge in [-0.3, -0.25) is 4.79 Å². The highest BCUT2D eigenvalue weighted by Crippen LogP contribution is 2.33. The topological polar surface area (TPSA) is 51.7 Å². The molecule has 146 valence electrons. The third-order valence-corrected chi connectivity index (χ3v) is 6.02. The van der Waals surface area contributed by atoms with E-state index in [9.17, 15) is 4.79 Å². The number of rotatable bonds is 7. The zero-order chi connectivity index (χ0) is 20.1. The zero-order valence-corrected chi connectivity index (χ0v) is 18.3. The summed E-state index contributed by atoms with van der Waals surface area (Å²) >= 11 is 5.03. The van der Waals surface area contributed by atoms with Crippen molar-refractivity contribution in [3.8, 4) is 22.1 Å². The summed E-state index contributed by atoms with van der Waals surface area (Å²) in [6, 6.07) is 13.6. The first kappa shape index (κ1) is 20.4. The molecule has 2 aromatic carbocycles. The van der Waals surface area contributed by atoms with Gasteiger partial charge in [0.15, 0.2) is 11.5 Å². The normalized spacial score (nSPS) is 10.6. The highest BCUT2D eigenvalue weighted by atomic mass is 79.9. The van der Waals surface area contributed by atoms with Crippen molar-refractivity contribution in [2.45, 2.75) is 13.0 Å². The molecule has 0 unspecified atom stereocenters. The van der Waals surface area contributed by atoms with Crippen LogP contribution in [-0.2, 0) is 17.8 Å². The second-order valence-corrected chi connectivity index (χ2v) is 7.94. The van der Waals surface area contributed by atoms with Gasteiger partial charge in [0.2, 0.25) is 5.91 Å². The number of methoxy groups -OCH3 is 2. The minimum absolute atomic E-state index is 0.0277. The maximum Gasteiger partial charge on any atom is 0.228 e. The van der Waals surface area contributed by atoms with E-state index in [-0.39, 0.29) is 12.3 Å². The Balaban J connectivity index is 1.69. The summed E-state index contributed by atoms with van der Waals surface area (Å²) in [5.41, 5.74) is 2.77. The van der Waals surface area contributed by atoms with Gasteiger partial charge >= 0.3 is 0 Å². The Labute approximate surface area is 177 Å². The van der Waals surface area contributed by atoms with Crippen LogP contribution < -0.4 is 9.47 Å². The van der Waals surface area contributed by atoms with Crippen LogP contribution in [0.4, 0.5) is 0 Å². The number of amides is 1. The van der Waals surface area contributed by atoms with E-state index in [2.05, 4.69) is 20.9 Å². The number of ether oxygens (including phenoxy) is 2. The van der Waals surface area contributed by atoms with E-state index in [1.807, 2.05) is 54.9 Å². The molecule has 3 aromatic rings. The molecule has 7 heteroatoms. The third-order valence-electron chi connectivity index (χ3n) is 4.31. The van der Waals surface area contributed by atoms with Crippen LogP contribution in [0.15, 0.2) is 52.3 Å². The number of nitrogens with zero attached hydrogens (tertiary/aromatic N) is 2. The van der Waals surface area contributed by atoms with Gasteiger partial charge in [-0.15, -0.1) is 11.3 Å². The standard InChI is InChI=1S/C21H21BrN2O3S/c1-24(12-15-6-4-5-7-17(15)22)20(25)11-16-13-28-21(23-16)14-8-9-18(26-2)19(10-14)27-3/h4-10,13H,11-12H2,1-3H3. The Morgan fingerprint density at radius 1 is 1.14 bits per heavy atom. The molecule has 0 saturated heterocycles. The molecule has 0 atom stereocenters. The third kappa shape index (κ3) is 4.72. The van der Waals surface area contributed by atoms with Crippen molar-refractivity contribution in [2.75, 3.05) is 21.3 Å². The number of carbonyl (C=O) groups excluding carboxylic acids is 1. The minimum atomic E-state index is 0.0277. The SMILES string of the molecule is COc1ccc(-c2nc(CC(=O)N(C)Cc3ccccc3Br)cs2)cc1OC. The summed E-state index contributed by atoms with van der Waals surface area (Å²) in [4.78, 5) is 18.9. The van der Waals surface area contributed by atoms with Crippen molar-refractivity contribution in [2.24, 2.45) is 0 Å². The fourth-order valence-corrected chi connectivity index (χ4v) is 3.98. The summed E-state index contributed by atoms with van der Waals surface area (Å²) in [7, 11) is 5.02. The molecule has 0 fully saturated rings. The summed E-state index contributed by atoms with van der Waals surface area (Å²) in [6.45, 7) is 0.549. The molecule has 0 radical (unpaired) electrons. The lowest BCUT2D eigenvalue weighted by molar-refractivity contribution is -0.129. The van der Waals surface area contributed by atoms with Gasteiger partial charge in [0.25, 0.3) is 0 Å². The van der Waals surface area contributed by atoms with Crippen LogP contribution in [0.5, 0.6) is 11.5 Å². The molecule has 0 aliphatic carbocycles. The molecular weight excluding hydrogens is 440 g/mol. The first-order valence-electron chi connectivity index (χ1n) is 8.66. The lowest BCUT2D eigenvalue weighted by Crippen LogP contribution is -2.27. The number of halogens is 1. The van der Waals surface area contributed by atoms with Gasteiger partial charge in [-0.1, -0.05) is 34.1 Å². The number of carbonyl (C=O) groups is 1. The summed E-state index contributed by atoms with van der Waals surface area (Å²) in [5, 5.41) is 2.77. The largest absolute Gasteiger partial charge is 0.493 e. The van der Waals surface area contributed by atoms with Crippen molar-refractivity contribution in [3.63, 3.8) is 0 Å². The molecular formula is C21H21BrN2O3S. The highest BCUT2D eigenvalue weighted by molar-refractivity contribution is 9.10. The summed E-state index contributed by atoms with van der Waals surface area (Å²) < 4.78 is 11.6. The van der Waals surface area contributed by atoms with Gasteiger partial charge < -0.3 is 14.4 Å². The Bertz CT molecular complexity index is 974. The smallest absolute Gasteiger partial charge is 0.228 e. The number of aromatic nitrogens is 1. The molecule has 0 spiro atoms. The van der Waals surface area contributed by atoms with E-state index in [1.54, 1.807) is 19.1 Å². The molecule has 3 rings (SSSR count). The highest BCUT2D eigenvalue weighted by Gasteiger charge is 2.15. The monoisotopic (exact) mass is 460 g/mol. The molecule has 28 heavy (non-hydrogen) atoms. The summed E-state index contributed by atoms with van der Waals surface area (Å²) in [5.74, 6) is 1.35. The van der Waals surface area contributed by atoms with E-state index < -0.39 is 0 Å².